The molecule has 1 aliphatic heterocycles. The number of hydrogen-bond acceptors (Lipinski definition) is 6. The van der Waals surface area contributed by atoms with Crippen LogP contribution in [0.1, 0.15) is 18.7 Å². The van der Waals surface area contributed by atoms with E-state index in [1.165, 1.54) is 4.90 Å². The van der Waals surface area contributed by atoms with Crippen LogP contribution in [-0.2, 0) is 16.0 Å². The number of carbonyl (C=O) groups is 2. The first-order chi connectivity index (χ1) is 11.7. The van der Waals surface area contributed by atoms with Gasteiger partial charge in [0, 0.05) is 30.9 Å². The summed E-state index contributed by atoms with van der Waals surface area (Å²) in [7, 11) is 0. The Kier molecular flexibility index (Phi) is 3.68. The number of likely N-dealkylation sites (tertiary alicyclic amines) is 1. The van der Waals surface area contributed by atoms with E-state index in [0.29, 0.717) is 31.0 Å². The number of pyridine rings is 1. The van der Waals surface area contributed by atoms with Crippen molar-refractivity contribution in [2.75, 3.05) is 6.54 Å². The largest absolute Gasteiger partial charge is 0.339 e. The van der Waals surface area contributed by atoms with Crippen molar-refractivity contribution in [1.29, 1.82) is 0 Å². The van der Waals surface area contributed by atoms with Gasteiger partial charge in [-0.3, -0.25) is 19.5 Å². The van der Waals surface area contributed by atoms with E-state index in [9.17, 15) is 9.59 Å². The minimum Gasteiger partial charge on any atom is -0.339 e. The van der Waals surface area contributed by atoms with Crippen molar-refractivity contribution in [1.82, 2.24) is 20.0 Å². The third-order valence-electron chi connectivity index (χ3n) is 4.54. The molecule has 1 saturated heterocycles. The molecule has 0 unspecified atom stereocenters. The summed E-state index contributed by atoms with van der Waals surface area (Å²) in [5.41, 5.74) is 0.762. The highest BCUT2D eigenvalue weighted by atomic mass is 16.5. The Morgan fingerprint density at radius 2 is 1.92 bits per heavy atom. The molecule has 2 aliphatic rings. The number of amides is 2. The molecular formula is C17H16N4O3. The monoisotopic (exact) mass is 324 g/mol. The number of aromatic nitrogens is 3. The SMILES string of the molecule is O=C1[C@H]2CC=CC[C@H]2C(=O)N1CCc1nc(-c2cccnc2)no1. The smallest absolute Gasteiger partial charge is 0.233 e. The number of rotatable bonds is 4. The minimum absolute atomic E-state index is 0.0821. The van der Waals surface area contributed by atoms with E-state index in [0.717, 1.165) is 5.56 Å². The lowest BCUT2D eigenvalue weighted by Gasteiger charge is -2.14. The summed E-state index contributed by atoms with van der Waals surface area (Å²) < 4.78 is 5.22. The third kappa shape index (κ3) is 2.51. The number of hydrogen-bond donors (Lipinski definition) is 0. The van der Waals surface area contributed by atoms with E-state index in [4.69, 9.17) is 4.52 Å². The lowest BCUT2D eigenvalue weighted by Crippen LogP contribution is -2.33. The van der Waals surface area contributed by atoms with Gasteiger partial charge in [0.25, 0.3) is 0 Å². The average Bonchev–Trinajstić information content (AvgIpc) is 3.19. The van der Waals surface area contributed by atoms with Crippen molar-refractivity contribution in [2.45, 2.75) is 19.3 Å². The summed E-state index contributed by atoms with van der Waals surface area (Å²) in [6.07, 6.45) is 8.94. The predicted octanol–water partition coefficient (Wildman–Crippen LogP) is 1.63. The Bertz CT molecular complexity index is 773. The summed E-state index contributed by atoms with van der Waals surface area (Å²) in [5, 5.41) is 3.92. The second-order valence-corrected chi connectivity index (χ2v) is 5.99. The van der Waals surface area contributed by atoms with Crippen LogP contribution in [0.2, 0.25) is 0 Å². The normalized spacial score (nSPS) is 22.9. The van der Waals surface area contributed by atoms with E-state index < -0.39 is 0 Å². The number of imide groups is 1. The maximum Gasteiger partial charge on any atom is 0.233 e. The molecule has 1 fully saturated rings. The molecular weight excluding hydrogens is 308 g/mol. The fourth-order valence-electron chi connectivity index (χ4n) is 3.27. The Labute approximate surface area is 138 Å². The molecule has 4 rings (SSSR count). The molecule has 2 amide bonds. The van der Waals surface area contributed by atoms with Gasteiger partial charge in [-0.2, -0.15) is 4.98 Å². The van der Waals surface area contributed by atoms with Crippen molar-refractivity contribution in [3.05, 3.63) is 42.6 Å². The first-order valence-electron chi connectivity index (χ1n) is 7.97. The van der Waals surface area contributed by atoms with Gasteiger partial charge >= 0.3 is 0 Å². The predicted molar refractivity (Wildman–Crippen MR) is 83.3 cm³/mol. The van der Waals surface area contributed by atoms with Gasteiger partial charge in [-0.05, 0) is 25.0 Å². The molecule has 0 bridgehead atoms. The van der Waals surface area contributed by atoms with Crippen LogP contribution in [0.4, 0.5) is 0 Å². The van der Waals surface area contributed by atoms with Gasteiger partial charge in [0.2, 0.25) is 23.5 Å². The molecule has 0 radical (unpaired) electrons. The molecule has 0 spiro atoms. The van der Waals surface area contributed by atoms with Crippen LogP contribution in [0, 0.1) is 11.8 Å². The van der Waals surface area contributed by atoms with E-state index in [1.807, 2.05) is 18.2 Å². The quantitative estimate of drug-likeness (QED) is 0.627. The van der Waals surface area contributed by atoms with Crippen LogP contribution in [0.5, 0.6) is 0 Å². The summed E-state index contributed by atoms with van der Waals surface area (Å²) in [6, 6.07) is 3.63. The van der Waals surface area contributed by atoms with Crippen LogP contribution in [-0.4, -0.2) is 38.4 Å². The highest BCUT2D eigenvalue weighted by molar-refractivity contribution is 6.05. The van der Waals surface area contributed by atoms with Gasteiger partial charge in [-0.1, -0.05) is 17.3 Å². The second-order valence-electron chi connectivity index (χ2n) is 5.99. The molecule has 1 aliphatic carbocycles. The molecule has 0 saturated carbocycles. The summed E-state index contributed by atoms with van der Waals surface area (Å²) in [6.45, 7) is 0.277. The molecule has 0 aromatic carbocycles. The summed E-state index contributed by atoms with van der Waals surface area (Å²) in [5.74, 6) is 0.299. The maximum absolute atomic E-state index is 12.4. The lowest BCUT2D eigenvalue weighted by atomic mass is 9.85. The number of nitrogens with zero attached hydrogens (tertiary/aromatic N) is 4. The van der Waals surface area contributed by atoms with Crippen molar-refractivity contribution < 1.29 is 14.1 Å². The maximum atomic E-state index is 12.4. The van der Waals surface area contributed by atoms with Crippen molar-refractivity contribution in [3.63, 3.8) is 0 Å². The fraction of sp³-hybridized carbons (Fsp3) is 0.353. The number of allylic oxidation sites excluding steroid dienone is 2. The molecule has 7 heteroatoms. The van der Waals surface area contributed by atoms with Crippen molar-refractivity contribution >= 4 is 11.8 Å². The minimum atomic E-state index is -0.198. The topological polar surface area (TPSA) is 89.2 Å². The zero-order valence-corrected chi connectivity index (χ0v) is 13.0. The Hall–Kier alpha value is -2.83. The second kappa shape index (κ2) is 5.99. The van der Waals surface area contributed by atoms with Gasteiger partial charge in [0.15, 0.2) is 0 Å². The summed E-state index contributed by atoms with van der Waals surface area (Å²) in [4.78, 5) is 34.5. The Morgan fingerprint density at radius 1 is 1.17 bits per heavy atom. The highest BCUT2D eigenvalue weighted by Gasteiger charge is 2.46. The lowest BCUT2D eigenvalue weighted by molar-refractivity contribution is -0.139. The molecule has 0 N–H and O–H groups in total. The molecule has 2 aromatic heterocycles. The Balaban J connectivity index is 1.43. The first kappa shape index (κ1) is 14.7. The fourth-order valence-corrected chi connectivity index (χ4v) is 3.27. The van der Waals surface area contributed by atoms with Gasteiger partial charge in [-0.15, -0.1) is 0 Å². The molecule has 7 nitrogen and oxygen atoms in total. The van der Waals surface area contributed by atoms with Crippen LogP contribution >= 0.6 is 0 Å². The van der Waals surface area contributed by atoms with E-state index in [-0.39, 0.29) is 30.2 Å². The van der Waals surface area contributed by atoms with Crippen LogP contribution < -0.4 is 0 Å². The highest BCUT2D eigenvalue weighted by Crippen LogP contribution is 2.35. The standard InChI is InChI=1S/C17H16N4O3/c22-16-12-5-1-2-6-13(12)17(23)21(16)9-7-14-19-15(20-24-14)11-4-3-8-18-10-11/h1-4,8,10,12-13H,5-7,9H2/t12-,13+. The molecule has 2 aromatic rings. The molecule has 122 valence electrons. The van der Waals surface area contributed by atoms with E-state index >= 15 is 0 Å². The summed E-state index contributed by atoms with van der Waals surface area (Å²) >= 11 is 0. The van der Waals surface area contributed by atoms with Crippen molar-refractivity contribution in [3.8, 4) is 11.4 Å². The van der Waals surface area contributed by atoms with Gasteiger partial charge in [0.05, 0.1) is 11.8 Å². The molecule has 24 heavy (non-hydrogen) atoms. The van der Waals surface area contributed by atoms with Crippen molar-refractivity contribution in [2.24, 2.45) is 11.8 Å². The van der Waals surface area contributed by atoms with Crippen LogP contribution in [0.3, 0.4) is 0 Å². The van der Waals surface area contributed by atoms with E-state index in [1.54, 1.807) is 18.5 Å². The van der Waals surface area contributed by atoms with Crippen LogP contribution in [0.15, 0.2) is 41.2 Å². The first-order valence-corrected chi connectivity index (χ1v) is 7.97. The molecule has 2 atom stereocenters. The average molecular weight is 324 g/mol. The van der Waals surface area contributed by atoms with Gasteiger partial charge in [-0.25, -0.2) is 0 Å². The van der Waals surface area contributed by atoms with E-state index in [2.05, 4.69) is 15.1 Å². The van der Waals surface area contributed by atoms with Gasteiger partial charge in [0.1, 0.15) is 0 Å². The molecule has 3 heterocycles. The van der Waals surface area contributed by atoms with Gasteiger partial charge < -0.3 is 4.52 Å². The zero-order chi connectivity index (χ0) is 16.5. The number of carbonyl (C=O) groups excluding carboxylic acids is 2. The zero-order valence-electron chi connectivity index (χ0n) is 13.0. The van der Waals surface area contributed by atoms with Crippen LogP contribution in [0.25, 0.3) is 11.4 Å². The Morgan fingerprint density at radius 3 is 2.58 bits per heavy atom. The number of fused-ring (bicyclic) bond motifs is 1. The third-order valence-corrected chi connectivity index (χ3v) is 4.54.